The molecule has 4 atom stereocenters. The molecular weight excluding hydrogens is 520 g/mol. The fourth-order valence-electron chi connectivity index (χ4n) is 6.48. The van der Waals surface area contributed by atoms with E-state index in [9.17, 15) is 14.7 Å². The summed E-state index contributed by atoms with van der Waals surface area (Å²) in [5.41, 5.74) is 8.73. The lowest BCUT2D eigenvalue weighted by Crippen LogP contribution is -2.34. The average molecular weight is 571 g/mol. The standard InChI is InChI=1S/C33H50N2O6/c1-21(2)15-24-9-7-6-8-10-27(16-24)31(41-23(4)37)19-28(40-22(3)36)12-11-25-17-32(39-5)30(38)20-29(25)26-13-14-35-33(34)18-26/h13,17-18,20-21,24,27-28,31,35,38H,6-12,14-16,19,34H2,1-5H3. The summed E-state index contributed by atoms with van der Waals surface area (Å²) in [6, 6.07) is 3.53. The number of phenols is 1. The molecule has 0 spiro atoms. The van der Waals surface area contributed by atoms with Crippen LogP contribution in [0.4, 0.5) is 0 Å². The minimum Gasteiger partial charge on any atom is -0.504 e. The van der Waals surface area contributed by atoms with Gasteiger partial charge in [-0.05, 0) is 84.8 Å². The van der Waals surface area contributed by atoms with Crippen molar-refractivity contribution in [1.29, 1.82) is 0 Å². The number of esters is 2. The molecule has 41 heavy (non-hydrogen) atoms. The average Bonchev–Trinajstić information content (AvgIpc) is 2.87. The minimum atomic E-state index is -0.430. The van der Waals surface area contributed by atoms with Gasteiger partial charge in [0.2, 0.25) is 0 Å². The molecule has 1 saturated carbocycles. The van der Waals surface area contributed by atoms with Crippen LogP contribution >= 0.6 is 0 Å². The summed E-state index contributed by atoms with van der Waals surface area (Å²) in [5.74, 6) is 1.79. The number of ether oxygens (including phenoxy) is 3. The number of benzene rings is 1. The molecule has 2 aliphatic rings. The maximum absolute atomic E-state index is 12.2. The maximum Gasteiger partial charge on any atom is 0.302 e. The van der Waals surface area contributed by atoms with Crippen molar-refractivity contribution in [3.63, 3.8) is 0 Å². The van der Waals surface area contributed by atoms with Gasteiger partial charge in [0.25, 0.3) is 0 Å². The van der Waals surface area contributed by atoms with Crippen molar-refractivity contribution in [2.45, 2.75) is 104 Å². The Balaban J connectivity index is 1.85. The number of aryl methyl sites for hydroxylation is 1. The predicted octanol–water partition coefficient (Wildman–Crippen LogP) is 6.01. The molecule has 1 fully saturated rings. The number of hydrogen-bond donors (Lipinski definition) is 3. The smallest absolute Gasteiger partial charge is 0.302 e. The number of hydrogen-bond acceptors (Lipinski definition) is 8. The molecule has 1 aromatic rings. The lowest BCUT2D eigenvalue weighted by molar-refractivity contribution is -0.156. The number of nitrogens with one attached hydrogen (secondary N) is 1. The lowest BCUT2D eigenvalue weighted by Gasteiger charge is -2.34. The first-order valence-corrected chi connectivity index (χ1v) is 15.2. The van der Waals surface area contributed by atoms with Crippen molar-refractivity contribution in [2.75, 3.05) is 13.7 Å². The largest absolute Gasteiger partial charge is 0.504 e. The van der Waals surface area contributed by atoms with Gasteiger partial charge in [-0.2, -0.15) is 0 Å². The van der Waals surface area contributed by atoms with Crippen molar-refractivity contribution in [3.8, 4) is 11.5 Å². The van der Waals surface area contributed by atoms with E-state index in [0.29, 0.717) is 49.2 Å². The topological polar surface area (TPSA) is 120 Å². The van der Waals surface area contributed by atoms with Gasteiger partial charge in [0, 0.05) is 26.8 Å². The molecule has 1 aliphatic carbocycles. The predicted molar refractivity (Wildman–Crippen MR) is 161 cm³/mol. The van der Waals surface area contributed by atoms with E-state index in [2.05, 4.69) is 19.2 Å². The number of phenolic OH excluding ortho intramolecular Hbond substituents is 1. The van der Waals surface area contributed by atoms with Crippen LogP contribution in [0.25, 0.3) is 5.57 Å². The Morgan fingerprint density at radius 1 is 1.10 bits per heavy atom. The Morgan fingerprint density at radius 2 is 1.83 bits per heavy atom. The summed E-state index contributed by atoms with van der Waals surface area (Å²) in [6.45, 7) is 8.01. The normalized spacial score (nSPS) is 20.9. The summed E-state index contributed by atoms with van der Waals surface area (Å²) in [5, 5.41) is 13.6. The number of methoxy groups -OCH3 is 1. The maximum atomic E-state index is 12.2. The fraction of sp³-hybridized carbons (Fsp3) is 0.636. The third-order valence-corrected chi connectivity index (χ3v) is 8.19. The van der Waals surface area contributed by atoms with E-state index in [1.165, 1.54) is 46.6 Å². The van der Waals surface area contributed by atoms with Gasteiger partial charge in [0.05, 0.1) is 12.9 Å². The Kier molecular flexibility index (Phi) is 12.4. The zero-order valence-electron chi connectivity index (χ0n) is 25.5. The summed E-state index contributed by atoms with van der Waals surface area (Å²) in [7, 11) is 1.52. The first kappa shape index (κ1) is 32.4. The highest BCUT2D eigenvalue weighted by molar-refractivity contribution is 5.79. The summed E-state index contributed by atoms with van der Waals surface area (Å²) in [4.78, 5) is 24.4. The molecule has 0 amide bonds. The van der Waals surface area contributed by atoms with E-state index in [0.717, 1.165) is 36.0 Å². The van der Waals surface area contributed by atoms with Crippen LogP contribution in [0.3, 0.4) is 0 Å². The molecule has 0 aromatic heterocycles. The van der Waals surface area contributed by atoms with E-state index >= 15 is 0 Å². The van der Waals surface area contributed by atoms with E-state index < -0.39 is 6.10 Å². The van der Waals surface area contributed by atoms with Crippen LogP contribution in [0.2, 0.25) is 0 Å². The first-order valence-electron chi connectivity index (χ1n) is 15.2. The summed E-state index contributed by atoms with van der Waals surface area (Å²) < 4.78 is 17.2. The highest BCUT2D eigenvalue weighted by Gasteiger charge is 2.32. The zero-order valence-corrected chi connectivity index (χ0v) is 25.5. The molecule has 4 unspecified atom stereocenters. The summed E-state index contributed by atoms with van der Waals surface area (Å²) >= 11 is 0. The Labute approximate surface area is 245 Å². The Bertz CT molecular complexity index is 1100. The third kappa shape index (κ3) is 10.3. The molecule has 0 radical (unpaired) electrons. The number of allylic oxidation sites excluding steroid dienone is 2. The van der Waals surface area contributed by atoms with Crippen molar-refractivity contribution in [1.82, 2.24) is 5.32 Å². The SMILES string of the molecule is COc1cc(CCC(CC(OC(C)=O)C2CCCCCC(CC(C)C)C2)OC(C)=O)c(C2=CCNC(N)=C2)cc1O. The van der Waals surface area contributed by atoms with Crippen LogP contribution in [-0.2, 0) is 25.5 Å². The van der Waals surface area contributed by atoms with Gasteiger partial charge in [-0.25, -0.2) is 0 Å². The van der Waals surface area contributed by atoms with Gasteiger partial charge in [0.1, 0.15) is 12.2 Å². The van der Waals surface area contributed by atoms with Crippen LogP contribution in [0.15, 0.2) is 30.1 Å². The van der Waals surface area contributed by atoms with Gasteiger partial charge in [-0.1, -0.05) is 45.6 Å². The van der Waals surface area contributed by atoms with Gasteiger partial charge in [-0.15, -0.1) is 0 Å². The summed E-state index contributed by atoms with van der Waals surface area (Å²) in [6.07, 6.45) is 12.7. The van der Waals surface area contributed by atoms with Crippen molar-refractivity contribution < 1.29 is 28.9 Å². The molecule has 4 N–H and O–H groups in total. The molecule has 8 heteroatoms. The number of carbonyl (C=O) groups is 2. The van der Waals surface area contributed by atoms with E-state index in [1.807, 2.05) is 18.2 Å². The quantitative estimate of drug-likeness (QED) is 0.262. The van der Waals surface area contributed by atoms with Crippen LogP contribution in [0.5, 0.6) is 11.5 Å². The van der Waals surface area contributed by atoms with E-state index in [4.69, 9.17) is 19.9 Å². The van der Waals surface area contributed by atoms with Gasteiger partial charge in [-0.3, -0.25) is 9.59 Å². The number of carbonyl (C=O) groups excluding carboxylic acids is 2. The molecule has 3 rings (SSSR count). The highest BCUT2D eigenvalue weighted by Crippen LogP contribution is 2.37. The Hall–Kier alpha value is -3.16. The van der Waals surface area contributed by atoms with Gasteiger partial charge >= 0.3 is 11.9 Å². The van der Waals surface area contributed by atoms with Gasteiger partial charge in [0.15, 0.2) is 11.5 Å². The molecule has 1 aliphatic heterocycles. The van der Waals surface area contributed by atoms with E-state index in [1.54, 1.807) is 6.07 Å². The van der Waals surface area contributed by atoms with Crippen LogP contribution < -0.4 is 15.8 Å². The molecule has 0 bridgehead atoms. The van der Waals surface area contributed by atoms with Crippen molar-refractivity contribution >= 4 is 17.5 Å². The van der Waals surface area contributed by atoms with Crippen LogP contribution in [-0.4, -0.2) is 42.9 Å². The van der Waals surface area contributed by atoms with Crippen LogP contribution in [0, 0.1) is 17.8 Å². The van der Waals surface area contributed by atoms with E-state index in [-0.39, 0.29) is 29.7 Å². The molecule has 0 saturated heterocycles. The number of nitrogens with two attached hydrogens (primary N) is 1. The van der Waals surface area contributed by atoms with Crippen molar-refractivity contribution in [3.05, 3.63) is 41.2 Å². The molecule has 1 heterocycles. The first-order chi connectivity index (χ1) is 19.5. The monoisotopic (exact) mass is 570 g/mol. The third-order valence-electron chi connectivity index (χ3n) is 8.19. The minimum absolute atomic E-state index is 0.0457. The molecular formula is C33H50N2O6. The van der Waals surface area contributed by atoms with Crippen LogP contribution in [0.1, 0.15) is 96.6 Å². The molecule has 228 valence electrons. The fourth-order valence-corrected chi connectivity index (χ4v) is 6.48. The highest BCUT2D eigenvalue weighted by atomic mass is 16.6. The second-order valence-electron chi connectivity index (χ2n) is 12.1. The van der Waals surface area contributed by atoms with Crippen molar-refractivity contribution in [2.24, 2.45) is 23.5 Å². The second-order valence-corrected chi connectivity index (χ2v) is 12.1. The van der Waals surface area contributed by atoms with Gasteiger partial charge < -0.3 is 30.4 Å². The number of aromatic hydroxyl groups is 1. The molecule has 8 nitrogen and oxygen atoms in total. The Morgan fingerprint density at radius 3 is 2.49 bits per heavy atom. The number of rotatable bonds is 12. The zero-order chi connectivity index (χ0) is 29.9. The lowest BCUT2D eigenvalue weighted by atomic mass is 9.77. The molecule has 1 aromatic carbocycles. The second kappa shape index (κ2) is 15.7. The number of dihydropyridines is 1.